The molecule has 5 aromatic rings. The van der Waals surface area contributed by atoms with Crippen LogP contribution in [0.15, 0.2) is 75.9 Å². The molecule has 2 fully saturated rings. The van der Waals surface area contributed by atoms with Crippen molar-refractivity contribution in [3.63, 3.8) is 0 Å². The zero-order chi connectivity index (χ0) is 41.3. The average Bonchev–Trinajstić information content (AvgIpc) is 3.88. The van der Waals surface area contributed by atoms with Crippen LogP contribution in [0.5, 0.6) is 28.7 Å². The van der Waals surface area contributed by atoms with Crippen molar-refractivity contribution in [3.05, 3.63) is 93.8 Å². The smallest absolute Gasteiger partial charge is 0.336 e. The monoisotopic (exact) mass is 804 g/mol. The molecule has 12 N–H and O–H groups in total. The van der Waals surface area contributed by atoms with E-state index in [0.29, 0.717) is 48.0 Å². The van der Waals surface area contributed by atoms with Crippen molar-refractivity contribution in [2.75, 3.05) is 25.6 Å². The Morgan fingerprint density at radius 1 is 1.03 bits per heavy atom. The lowest BCUT2D eigenvalue weighted by molar-refractivity contribution is -0.307. The first-order chi connectivity index (χ1) is 27.7. The predicted octanol–water partition coefficient (Wildman–Crippen LogP) is 1.59. The van der Waals surface area contributed by atoms with Gasteiger partial charge in [0.2, 0.25) is 12.0 Å². The lowest BCUT2D eigenvalue weighted by Gasteiger charge is -2.47. The van der Waals surface area contributed by atoms with Crippen LogP contribution >= 0.6 is 0 Å². The minimum absolute atomic E-state index is 0.0341. The lowest BCUT2D eigenvalue weighted by atomic mass is 9.79. The molecule has 3 aromatic carbocycles. The second-order valence-electron chi connectivity index (χ2n) is 14.3. The molecule has 2 aliphatic heterocycles. The number of aryl methyl sites for hydroxylation is 1. The normalized spacial score (nSPS) is 23.8. The highest BCUT2D eigenvalue weighted by molar-refractivity contribution is 5.89. The third-order valence-corrected chi connectivity index (χ3v) is 10.2. The molecular weight excluding hydrogens is 760 g/mol. The summed E-state index contributed by atoms with van der Waals surface area (Å²) in [5, 5.41) is 82.0. The van der Waals surface area contributed by atoms with Gasteiger partial charge in [0, 0.05) is 42.6 Å². The van der Waals surface area contributed by atoms with E-state index in [9.17, 15) is 45.3 Å². The number of nitrogens with two attached hydrogens (primary N) is 1. The van der Waals surface area contributed by atoms with Gasteiger partial charge >= 0.3 is 5.97 Å². The molecule has 7 rings (SSSR count). The molecule has 18 nitrogen and oxygen atoms in total. The summed E-state index contributed by atoms with van der Waals surface area (Å²) in [5.41, 5.74) is 4.51. The van der Waals surface area contributed by atoms with Gasteiger partial charge in [0.1, 0.15) is 71.2 Å². The van der Waals surface area contributed by atoms with E-state index in [4.69, 9.17) is 29.1 Å². The van der Waals surface area contributed by atoms with Crippen LogP contribution in [-0.2, 0) is 22.6 Å². The van der Waals surface area contributed by atoms with Gasteiger partial charge in [-0.2, -0.15) is 0 Å². The summed E-state index contributed by atoms with van der Waals surface area (Å²) in [7, 11) is 0. The minimum Gasteiger partial charge on any atom is -0.508 e. The maximum atomic E-state index is 13.6. The van der Waals surface area contributed by atoms with E-state index in [1.54, 1.807) is 48.5 Å². The number of fused-ring (bicyclic) bond motifs is 1. The van der Waals surface area contributed by atoms with Gasteiger partial charge in [0.25, 0.3) is 0 Å². The van der Waals surface area contributed by atoms with Crippen LogP contribution in [-0.4, -0.2) is 103 Å². The molecule has 2 saturated heterocycles. The molecule has 0 spiro atoms. The number of carboxylic acid groups (broad SMARTS) is 1. The van der Waals surface area contributed by atoms with Crippen molar-refractivity contribution in [2.45, 2.75) is 68.7 Å². The van der Waals surface area contributed by atoms with Gasteiger partial charge in [0.05, 0.1) is 0 Å². The zero-order valence-electron chi connectivity index (χ0n) is 31.1. The number of carboxylic acids is 1. The Morgan fingerprint density at radius 3 is 2.47 bits per heavy atom. The van der Waals surface area contributed by atoms with Gasteiger partial charge in [0.15, 0.2) is 23.0 Å². The zero-order valence-corrected chi connectivity index (χ0v) is 31.1. The number of phenolic OH excluding ortho intramolecular Hbond substituents is 2. The molecule has 2 aliphatic rings. The molecule has 0 bridgehead atoms. The molecule has 0 radical (unpaired) electrons. The number of aliphatic hydroxyl groups excluding tert-OH is 3. The molecule has 0 saturated carbocycles. The maximum absolute atomic E-state index is 13.6. The van der Waals surface area contributed by atoms with Crippen LogP contribution in [0.25, 0.3) is 22.3 Å². The van der Waals surface area contributed by atoms with Gasteiger partial charge in [-0.25, -0.2) is 4.79 Å². The van der Waals surface area contributed by atoms with Gasteiger partial charge in [-0.15, -0.1) is 0 Å². The number of aromatic amines is 1. The summed E-state index contributed by atoms with van der Waals surface area (Å²) in [5.74, 6) is -2.37. The number of benzene rings is 3. The fourth-order valence-electron chi connectivity index (χ4n) is 7.15. The van der Waals surface area contributed by atoms with Crippen LogP contribution in [0.3, 0.4) is 0 Å². The van der Waals surface area contributed by atoms with Crippen molar-refractivity contribution < 1.29 is 63.9 Å². The topological polar surface area (TPSA) is 292 Å². The highest BCUT2D eigenvalue weighted by atomic mass is 16.7. The number of nitrogens with one attached hydrogen (secondary N) is 3. The highest BCUT2D eigenvalue weighted by Crippen LogP contribution is 2.45. The van der Waals surface area contributed by atoms with Gasteiger partial charge in [-0.3, -0.25) is 4.79 Å². The first kappa shape index (κ1) is 40.3. The Kier molecular flexibility index (Phi) is 11.5. The van der Waals surface area contributed by atoms with E-state index in [0.717, 1.165) is 11.6 Å². The third kappa shape index (κ3) is 8.25. The molecule has 58 heavy (non-hydrogen) atoms. The van der Waals surface area contributed by atoms with Crippen LogP contribution in [0.2, 0.25) is 0 Å². The maximum Gasteiger partial charge on any atom is 0.336 e. The largest absolute Gasteiger partial charge is 0.508 e. The Morgan fingerprint density at radius 2 is 1.79 bits per heavy atom. The number of aromatic hydroxyl groups is 2. The van der Waals surface area contributed by atoms with Gasteiger partial charge < -0.3 is 80.5 Å². The molecule has 0 amide bonds. The molecular formula is C40H44N4O14. The minimum atomic E-state index is -2.45. The first-order valence-electron chi connectivity index (χ1n) is 18.5. The van der Waals surface area contributed by atoms with E-state index in [1.165, 1.54) is 12.1 Å². The standard InChI is InChI=1S/C40H44N4O14/c1-2-19-9-20(11-23(45)10-19)16-55-35-30(57-39-34(49)36(50)40(53,37(58-39)38(51)52)14-22-15-42-18-43-22)13-29-32(33(35)48)26(46)12-28(56-29)21-3-5-24(6-4-21)54-17-27(47)25-7-8-31(41)44-25/h3-13,22,27,34,36-37,39,42-45,47-50,53H,2,14-18,41H2,1H3,(H,51,52). The third-order valence-electron chi connectivity index (χ3n) is 10.2. The number of carbonyl (C=O) groups is 1. The number of ether oxygens (including phenoxy) is 4. The second-order valence-corrected chi connectivity index (χ2v) is 14.3. The number of rotatable bonds is 14. The summed E-state index contributed by atoms with van der Waals surface area (Å²) in [6, 6.07) is 16.3. The van der Waals surface area contributed by atoms with Gasteiger partial charge in [-0.05, 0) is 72.5 Å². The molecule has 308 valence electrons. The molecule has 0 aliphatic carbocycles. The van der Waals surface area contributed by atoms with Crippen LogP contribution in [0, 0.1) is 0 Å². The van der Waals surface area contributed by atoms with E-state index in [1.807, 2.05) is 6.92 Å². The fraction of sp³-hybridized carbons (Fsp3) is 0.350. The van der Waals surface area contributed by atoms with Crippen LogP contribution < -0.4 is 36.0 Å². The van der Waals surface area contributed by atoms with Crippen molar-refractivity contribution in [3.8, 4) is 40.1 Å². The summed E-state index contributed by atoms with van der Waals surface area (Å²) < 4.78 is 29.4. The SMILES string of the molecule is CCc1cc(O)cc(COc2c(OC3OC(C(=O)O)C(O)(CC4CNCN4)C(O)C3O)cc3oc(-c4ccc(OCC(O)c5ccc(N)[nH]5)cc4)cc(=O)c3c2O)c1. The number of aromatic nitrogens is 1. The van der Waals surface area contributed by atoms with Crippen LogP contribution in [0.1, 0.15) is 36.3 Å². The number of aliphatic hydroxyl groups is 4. The number of hydrogen-bond donors (Lipinski definition) is 11. The van der Waals surface area contributed by atoms with Crippen molar-refractivity contribution in [1.29, 1.82) is 0 Å². The Balaban J connectivity index is 1.21. The number of hydrogen-bond acceptors (Lipinski definition) is 16. The quantitative estimate of drug-likeness (QED) is 0.0760. The first-order valence-corrected chi connectivity index (χ1v) is 18.5. The molecule has 7 unspecified atom stereocenters. The summed E-state index contributed by atoms with van der Waals surface area (Å²) in [4.78, 5) is 28.9. The fourth-order valence-corrected chi connectivity index (χ4v) is 7.15. The van der Waals surface area contributed by atoms with E-state index in [-0.39, 0.29) is 47.9 Å². The predicted molar refractivity (Wildman–Crippen MR) is 205 cm³/mol. The number of H-pyrrole nitrogens is 1. The molecule has 4 heterocycles. The molecule has 18 heteroatoms. The summed E-state index contributed by atoms with van der Waals surface area (Å²) >= 11 is 0. The summed E-state index contributed by atoms with van der Waals surface area (Å²) in [6.07, 6.45) is -8.83. The highest BCUT2D eigenvalue weighted by Gasteiger charge is 2.59. The van der Waals surface area contributed by atoms with E-state index < -0.39 is 65.2 Å². The Labute approximate surface area is 330 Å². The van der Waals surface area contributed by atoms with Gasteiger partial charge in [-0.1, -0.05) is 13.0 Å². The Hall–Kier alpha value is -5.86. The average molecular weight is 805 g/mol. The number of anilines is 1. The number of nitrogen functional groups attached to an aromatic ring is 1. The molecule has 7 atom stereocenters. The van der Waals surface area contributed by atoms with E-state index >= 15 is 0 Å². The number of aliphatic carboxylic acids is 1. The molecule has 2 aromatic heterocycles. The summed E-state index contributed by atoms with van der Waals surface area (Å²) in [6.45, 7) is 2.28. The van der Waals surface area contributed by atoms with Crippen molar-refractivity contribution >= 4 is 22.8 Å². The van der Waals surface area contributed by atoms with Crippen molar-refractivity contribution in [1.82, 2.24) is 15.6 Å². The van der Waals surface area contributed by atoms with E-state index in [2.05, 4.69) is 15.6 Å². The Bertz CT molecular complexity index is 2330. The number of phenols is 2. The second kappa shape index (κ2) is 16.5. The lowest BCUT2D eigenvalue weighted by Crippen LogP contribution is -2.70. The van der Waals surface area contributed by atoms with Crippen molar-refractivity contribution in [2.24, 2.45) is 0 Å². The van der Waals surface area contributed by atoms with Crippen LogP contribution in [0.4, 0.5) is 5.82 Å².